The number of halogens is 1. The molecular weight excluding hydrogens is 261 g/mol. The summed E-state index contributed by atoms with van der Waals surface area (Å²) in [5, 5.41) is 2.75. The van der Waals surface area contributed by atoms with Crippen LogP contribution in [0.25, 0.3) is 0 Å². The lowest BCUT2D eigenvalue weighted by atomic mass is 10.1. The molecular formula is C15H20FNO3. The van der Waals surface area contributed by atoms with Gasteiger partial charge < -0.3 is 10.1 Å². The highest BCUT2D eigenvalue weighted by Crippen LogP contribution is 2.16. The smallest absolute Gasteiger partial charge is 0.260 e. The second-order valence-corrected chi connectivity index (χ2v) is 5.07. The number of benzene rings is 1. The Morgan fingerprint density at radius 2 is 2.05 bits per heavy atom. The van der Waals surface area contributed by atoms with Gasteiger partial charge in [0.1, 0.15) is 17.9 Å². The van der Waals surface area contributed by atoms with Crippen LogP contribution in [0.15, 0.2) is 18.2 Å². The first-order chi connectivity index (χ1) is 9.42. The summed E-state index contributed by atoms with van der Waals surface area (Å²) < 4.78 is 18.6. The molecule has 110 valence electrons. The van der Waals surface area contributed by atoms with Crippen molar-refractivity contribution in [3.63, 3.8) is 0 Å². The van der Waals surface area contributed by atoms with Crippen molar-refractivity contribution in [2.45, 2.75) is 33.3 Å². The van der Waals surface area contributed by atoms with Crippen molar-refractivity contribution in [1.82, 2.24) is 5.32 Å². The van der Waals surface area contributed by atoms with E-state index in [4.69, 9.17) is 4.74 Å². The fourth-order valence-corrected chi connectivity index (χ4v) is 1.61. The predicted octanol–water partition coefficient (Wildman–Crippen LogP) is 2.57. The minimum Gasteiger partial charge on any atom is -0.481 e. The van der Waals surface area contributed by atoms with Gasteiger partial charge in [0, 0.05) is 18.2 Å². The highest BCUT2D eigenvalue weighted by molar-refractivity contribution is 5.81. The Balaban J connectivity index is 2.56. The van der Waals surface area contributed by atoms with Crippen LogP contribution < -0.4 is 10.1 Å². The van der Waals surface area contributed by atoms with Crippen molar-refractivity contribution in [3.8, 4) is 5.75 Å². The van der Waals surface area contributed by atoms with Gasteiger partial charge >= 0.3 is 0 Å². The molecule has 0 saturated carbocycles. The number of nitrogens with one attached hydrogen (secondary N) is 1. The lowest BCUT2D eigenvalue weighted by molar-refractivity contribution is -0.127. The van der Waals surface area contributed by atoms with Gasteiger partial charge in [-0.15, -0.1) is 0 Å². The Morgan fingerprint density at radius 1 is 1.35 bits per heavy atom. The summed E-state index contributed by atoms with van der Waals surface area (Å²) in [5.41, 5.74) is 0.174. The minimum absolute atomic E-state index is 0.165. The van der Waals surface area contributed by atoms with E-state index < -0.39 is 11.9 Å². The van der Waals surface area contributed by atoms with Gasteiger partial charge in [-0.1, -0.05) is 13.8 Å². The number of hydrogen-bond donors (Lipinski definition) is 1. The molecule has 5 heteroatoms. The number of rotatable bonds is 7. The van der Waals surface area contributed by atoms with E-state index in [0.29, 0.717) is 18.7 Å². The summed E-state index contributed by atoms with van der Waals surface area (Å²) in [7, 11) is 0. The van der Waals surface area contributed by atoms with E-state index in [1.54, 1.807) is 6.92 Å². The van der Waals surface area contributed by atoms with Gasteiger partial charge in [-0.3, -0.25) is 9.59 Å². The van der Waals surface area contributed by atoms with Crippen molar-refractivity contribution >= 4 is 12.2 Å². The van der Waals surface area contributed by atoms with Gasteiger partial charge in [-0.05, 0) is 31.4 Å². The van der Waals surface area contributed by atoms with Crippen LogP contribution in [0.5, 0.6) is 5.75 Å². The van der Waals surface area contributed by atoms with Crippen molar-refractivity contribution in [2.24, 2.45) is 5.92 Å². The summed E-state index contributed by atoms with van der Waals surface area (Å²) in [5.74, 6) is -0.164. The second kappa shape index (κ2) is 7.62. The van der Waals surface area contributed by atoms with Crippen molar-refractivity contribution in [3.05, 3.63) is 29.6 Å². The molecule has 1 unspecified atom stereocenters. The SMILES string of the molecule is CC(C)CCNC(=O)C(C)Oc1cc(F)cc(C=O)c1. The molecule has 0 fully saturated rings. The average molecular weight is 281 g/mol. The molecule has 1 aromatic carbocycles. The molecule has 0 bridgehead atoms. The Morgan fingerprint density at radius 3 is 2.65 bits per heavy atom. The van der Waals surface area contributed by atoms with Crippen molar-refractivity contribution in [1.29, 1.82) is 0 Å². The highest BCUT2D eigenvalue weighted by Gasteiger charge is 2.15. The molecule has 1 amide bonds. The maximum absolute atomic E-state index is 13.2. The maximum Gasteiger partial charge on any atom is 0.260 e. The maximum atomic E-state index is 13.2. The summed E-state index contributed by atoms with van der Waals surface area (Å²) in [6.07, 6.45) is 0.667. The summed E-state index contributed by atoms with van der Waals surface area (Å²) in [4.78, 5) is 22.4. The van der Waals surface area contributed by atoms with Gasteiger partial charge in [-0.25, -0.2) is 4.39 Å². The number of carbonyl (C=O) groups excluding carboxylic acids is 2. The van der Waals surface area contributed by atoms with Crippen LogP contribution in [0.4, 0.5) is 4.39 Å². The van der Waals surface area contributed by atoms with E-state index in [-0.39, 0.29) is 17.2 Å². The first-order valence-corrected chi connectivity index (χ1v) is 6.62. The molecule has 0 aromatic heterocycles. The normalized spacial score (nSPS) is 12.1. The summed E-state index contributed by atoms with van der Waals surface area (Å²) in [6.45, 7) is 6.29. The molecule has 1 rings (SSSR count). The molecule has 1 atom stereocenters. The van der Waals surface area contributed by atoms with Gasteiger partial charge in [0.2, 0.25) is 0 Å². The molecule has 0 aliphatic carbocycles. The highest BCUT2D eigenvalue weighted by atomic mass is 19.1. The Bertz CT molecular complexity index is 474. The number of ether oxygens (including phenoxy) is 1. The fourth-order valence-electron chi connectivity index (χ4n) is 1.61. The standard InChI is InChI=1S/C15H20FNO3/c1-10(2)4-5-17-15(19)11(3)20-14-7-12(9-18)6-13(16)8-14/h6-11H,4-5H2,1-3H3,(H,17,19). The Hall–Kier alpha value is -1.91. The number of carbonyl (C=O) groups is 2. The Kier molecular flexibility index (Phi) is 6.15. The van der Waals surface area contributed by atoms with Crippen molar-refractivity contribution in [2.75, 3.05) is 6.54 Å². The van der Waals surface area contributed by atoms with Gasteiger partial charge in [0.05, 0.1) is 0 Å². The quantitative estimate of drug-likeness (QED) is 0.781. The van der Waals surface area contributed by atoms with Crippen LogP contribution in [0.1, 0.15) is 37.6 Å². The zero-order valence-corrected chi connectivity index (χ0v) is 12.0. The molecule has 0 heterocycles. The molecule has 0 radical (unpaired) electrons. The largest absolute Gasteiger partial charge is 0.481 e. The first-order valence-electron chi connectivity index (χ1n) is 6.62. The molecule has 20 heavy (non-hydrogen) atoms. The number of hydrogen-bond acceptors (Lipinski definition) is 3. The predicted molar refractivity (Wildman–Crippen MR) is 74.3 cm³/mol. The second-order valence-electron chi connectivity index (χ2n) is 5.07. The van der Waals surface area contributed by atoms with Crippen LogP contribution >= 0.6 is 0 Å². The lowest BCUT2D eigenvalue weighted by Crippen LogP contribution is -2.37. The van der Waals surface area contributed by atoms with Gasteiger partial charge in [-0.2, -0.15) is 0 Å². The monoisotopic (exact) mass is 281 g/mol. The minimum atomic E-state index is -0.747. The van der Waals surface area contributed by atoms with E-state index in [9.17, 15) is 14.0 Å². The van der Waals surface area contributed by atoms with Crippen LogP contribution in [0.2, 0.25) is 0 Å². The zero-order valence-electron chi connectivity index (χ0n) is 12.0. The van der Waals surface area contributed by atoms with E-state index in [2.05, 4.69) is 19.2 Å². The first kappa shape index (κ1) is 16.1. The van der Waals surface area contributed by atoms with E-state index in [0.717, 1.165) is 18.6 Å². The molecule has 0 saturated heterocycles. The molecule has 0 aliphatic heterocycles. The number of amides is 1. The summed E-state index contributed by atoms with van der Waals surface area (Å²) in [6, 6.07) is 3.64. The van der Waals surface area contributed by atoms with E-state index >= 15 is 0 Å². The fraction of sp³-hybridized carbons (Fsp3) is 0.467. The van der Waals surface area contributed by atoms with Crippen LogP contribution in [0, 0.1) is 11.7 Å². The van der Waals surface area contributed by atoms with Crippen LogP contribution in [0.3, 0.4) is 0 Å². The van der Waals surface area contributed by atoms with Crippen LogP contribution in [-0.4, -0.2) is 24.8 Å². The topological polar surface area (TPSA) is 55.4 Å². The molecule has 1 aromatic rings. The summed E-state index contributed by atoms with van der Waals surface area (Å²) >= 11 is 0. The van der Waals surface area contributed by atoms with Crippen molar-refractivity contribution < 1.29 is 18.7 Å². The van der Waals surface area contributed by atoms with E-state index in [1.165, 1.54) is 6.07 Å². The van der Waals surface area contributed by atoms with E-state index in [1.807, 2.05) is 0 Å². The third kappa shape index (κ3) is 5.38. The molecule has 4 nitrogen and oxygen atoms in total. The molecule has 0 aliphatic rings. The van der Waals surface area contributed by atoms with Crippen LogP contribution in [-0.2, 0) is 4.79 Å². The average Bonchev–Trinajstić information content (AvgIpc) is 2.37. The third-order valence-electron chi connectivity index (χ3n) is 2.73. The zero-order chi connectivity index (χ0) is 15.1. The molecule has 0 spiro atoms. The van der Waals surface area contributed by atoms with Gasteiger partial charge in [0.25, 0.3) is 5.91 Å². The Labute approximate surface area is 118 Å². The lowest BCUT2D eigenvalue weighted by Gasteiger charge is -2.15. The van der Waals surface area contributed by atoms with Gasteiger partial charge in [0.15, 0.2) is 6.10 Å². The molecule has 1 N–H and O–H groups in total. The number of aldehydes is 1. The third-order valence-corrected chi connectivity index (χ3v) is 2.73.